The Bertz CT molecular complexity index is 678. The summed E-state index contributed by atoms with van der Waals surface area (Å²) < 4.78 is 25.3. The number of pyridine rings is 1. The van der Waals surface area contributed by atoms with Crippen molar-refractivity contribution in [1.29, 1.82) is 0 Å². The first kappa shape index (κ1) is 11.9. The minimum absolute atomic E-state index is 0.612. The first-order chi connectivity index (χ1) is 7.88. The molecule has 0 radical (unpaired) electrons. The third-order valence-electron chi connectivity index (χ3n) is 2.58. The topological polar surface area (TPSA) is 59.1 Å². The Hall–Kier alpha value is -1.62. The van der Waals surface area contributed by atoms with Crippen LogP contribution >= 0.6 is 0 Å². The Morgan fingerprint density at radius 3 is 2.53 bits per heavy atom. The number of nitrogens with one attached hydrogen (secondary N) is 1. The summed E-state index contributed by atoms with van der Waals surface area (Å²) in [5.74, 6) is 0. The van der Waals surface area contributed by atoms with Gasteiger partial charge >= 0.3 is 0 Å². The maximum Gasteiger partial charge on any atom is 0.229 e. The van der Waals surface area contributed by atoms with Crippen LogP contribution < -0.4 is 4.72 Å². The van der Waals surface area contributed by atoms with Crippen molar-refractivity contribution in [2.24, 2.45) is 0 Å². The van der Waals surface area contributed by atoms with Gasteiger partial charge in [0.25, 0.3) is 0 Å². The number of hydrogen-bond donors (Lipinski definition) is 1. The number of fused-ring (bicyclic) bond motifs is 1. The van der Waals surface area contributed by atoms with Gasteiger partial charge in [-0.1, -0.05) is 18.2 Å². The van der Waals surface area contributed by atoms with Gasteiger partial charge in [-0.05, 0) is 25.0 Å². The summed E-state index contributed by atoms with van der Waals surface area (Å²) in [6, 6.07) is 5.72. The quantitative estimate of drug-likeness (QED) is 0.889. The van der Waals surface area contributed by atoms with E-state index >= 15 is 0 Å². The van der Waals surface area contributed by atoms with E-state index in [1.54, 1.807) is 6.20 Å². The standard InChI is InChI=1S/C12H14N2O2S/c1-8-5-4-6-10-11(8)13-7-9(2)12(10)14-17(3,15)16/h4-7H,1-3H3,(H,13,14). The van der Waals surface area contributed by atoms with E-state index in [1.165, 1.54) is 0 Å². The van der Waals surface area contributed by atoms with Gasteiger partial charge in [0.2, 0.25) is 10.0 Å². The highest BCUT2D eigenvalue weighted by molar-refractivity contribution is 7.92. The van der Waals surface area contributed by atoms with Crippen LogP contribution in [0.15, 0.2) is 24.4 Å². The number of sulfonamides is 1. The Balaban J connectivity index is 2.77. The van der Waals surface area contributed by atoms with E-state index in [0.717, 1.165) is 28.3 Å². The van der Waals surface area contributed by atoms with Gasteiger partial charge in [-0.2, -0.15) is 0 Å². The van der Waals surface area contributed by atoms with Gasteiger partial charge < -0.3 is 0 Å². The van der Waals surface area contributed by atoms with Crippen LogP contribution in [-0.4, -0.2) is 19.7 Å². The number of anilines is 1. The molecule has 4 nitrogen and oxygen atoms in total. The lowest BCUT2D eigenvalue weighted by Crippen LogP contribution is -2.11. The molecular weight excluding hydrogens is 236 g/mol. The van der Waals surface area contributed by atoms with Crippen molar-refractivity contribution in [2.45, 2.75) is 13.8 Å². The fraction of sp³-hybridized carbons (Fsp3) is 0.250. The third kappa shape index (κ3) is 2.39. The van der Waals surface area contributed by atoms with Crippen LogP contribution in [0.2, 0.25) is 0 Å². The molecule has 0 aliphatic heterocycles. The van der Waals surface area contributed by atoms with Crippen LogP contribution in [0.1, 0.15) is 11.1 Å². The molecule has 0 aliphatic carbocycles. The lowest BCUT2D eigenvalue weighted by atomic mass is 10.1. The summed E-state index contributed by atoms with van der Waals surface area (Å²) in [6.45, 7) is 3.79. The molecule has 2 aromatic rings. The van der Waals surface area contributed by atoms with E-state index in [2.05, 4.69) is 9.71 Å². The molecule has 0 atom stereocenters. The normalized spacial score (nSPS) is 11.7. The lowest BCUT2D eigenvalue weighted by molar-refractivity contribution is 0.607. The molecule has 90 valence electrons. The van der Waals surface area contributed by atoms with Crippen LogP contribution in [0, 0.1) is 13.8 Å². The SMILES string of the molecule is Cc1cnc2c(C)cccc2c1NS(C)(=O)=O. The number of aryl methyl sites for hydroxylation is 2. The van der Waals surface area contributed by atoms with Gasteiger partial charge in [0.15, 0.2) is 0 Å². The molecule has 17 heavy (non-hydrogen) atoms. The second-order valence-electron chi connectivity index (χ2n) is 4.16. The highest BCUT2D eigenvalue weighted by Gasteiger charge is 2.10. The number of aromatic nitrogens is 1. The molecule has 2 rings (SSSR count). The monoisotopic (exact) mass is 250 g/mol. The van der Waals surface area contributed by atoms with Crippen molar-refractivity contribution in [3.63, 3.8) is 0 Å². The highest BCUT2D eigenvalue weighted by Crippen LogP contribution is 2.27. The van der Waals surface area contributed by atoms with Crippen LogP contribution in [0.5, 0.6) is 0 Å². The molecule has 5 heteroatoms. The number of benzene rings is 1. The molecule has 1 aromatic carbocycles. The summed E-state index contributed by atoms with van der Waals surface area (Å²) in [7, 11) is -3.28. The van der Waals surface area contributed by atoms with Gasteiger partial charge in [0.05, 0.1) is 17.5 Å². The van der Waals surface area contributed by atoms with Crippen LogP contribution in [0.4, 0.5) is 5.69 Å². The largest absolute Gasteiger partial charge is 0.283 e. The van der Waals surface area contributed by atoms with Crippen molar-refractivity contribution >= 4 is 26.6 Å². The van der Waals surface area contributed by atoms with Crippen LogP contribution in [-0.2, 0) is 10.0 Å². The number of nitrogens with zero attached hydrogens (tertiary/aromatic N) is 1. The van der Waals surface area contributed by atoms with Crippen molar-refractivity contribution in [1.82, 2.24) is 4.98 Å². The van der Waals surface area contributed by atoms with Gasteiger partial charge in [0, 0.05) is 11.6 Å². The van der Waals surface area contributed by atoms with Crippen molar-refractivity contribution in [3.05, 3.63) is 35.5 Å². The van der Waals surface area contributed by atoms with E-state index in [-0.39, 0.29) is 0 Å². The second kappa shape index (κ2) is 4.00. The fourth-order valence-electron chi connectivity index (χ4n) is 1.79. The Morgan fingerprint density at radius 1 is 1.18 bits per heavy atom. The molecule has 0 saturated heterocycles. The molecule has 1 N–H and O–H groups in total. The minimum Gasteiger partial charge on any atom is -0.283 e. The molecule has 1 heterocycles. The van der Waals surface area contributed by atoms with Gasteiger partial charge in [-0.25, -0.2) is 8.42 Å². The first-order valence-electron chi connectivity index (χ1n) is 5.21. The summed E-state index contributed by atoms with van der Waals surface area (Å²) in [5.41, 5.74) is 3.28. The Labute approximate surface area is 101 Å². The molecule has 0 bridgehead atoms. The van der Waals surface area contributed by atoms with Crippen LogP contribution in [0.3, 0.4) is 0 Å². The molecule has 0 unspecified atom stereocenters. The zero-order chi connectivity index (χ0) is 12.6. The molecule has 0 fully saturated rings. The summed E-state index contributed by atoms with van der Waals surface area (Å²) in [5, 5.41) is 0.829. The van der Waals surface area contributed by atoms with E-state index in [4.69, 9.17) is 0 Å². The molecule has 0 spiro atoms. The van der Waals surface area contributed by atoms with Gasteiger partial charge in [0.1, 0.15) is 0 Å². The van der Waals surface area contributed by atoms with E-state index in [9.17, 15) is 8.42 Å². The predicted octanol–water partition coefficient (Wildman–Crippen LogP) is 2.22. The molecule has 0 saturated carbocycles. The number of rotatable bonds is 2. The summed E-state index contributed by atoms with van der Waals surface area (Å²) in [4.78, 5) is 4.34. The van der Waals surface area contributed by atoms with Crippen LogP contribution in [0.25, 0.3) is 10.9 Å². The average Bonchev–Trinajstić information content (AvgIpc) is 2.21. The molecular formula is C12H14N2O2S. The first-order valence-corrected chi connectivity index (χ1v) is 7.10. The van der Waals surface area contributed by atoms with E-state index in [1.807, 2.05) is 32.0 Å². The summed E-state index contributed by atoms with van der Waals surface area (Å²) >= 11 is 0. The van der Waals surface area contributed by atoms with Crippen molar-refractivity contribution < 1.29 is 8.42 Å². The van der Waals surface area contributed by atoms with Gasteiger partial charge in [-0.15, -0.1) is 0 Å². The Morgan fingerprint density at radius 2 is 1.88 bits per heavy atom. The molecule has 0 aliphatic rings. The molecule has 0 amide bonds. The lowest BCUT2D eigenvalue weighted by Gasteiger charge is -2.11. The highest BCUT2D eigenvalue weighted by atomic mass is 32.2. The predicted molar refractivity (Wildman–Crippen MR) is 69.7 cm³/mol. The maximum atomic E-state index is 11.3. The van der Waals surface area contributed by atoms with E-state index < -0.39 is 10.0 Å². The van der Waals surface area contributed by atoms with Crippen molar-refractivity contribution in [2.75, 3.05) is 11.0 Å². The maximum absolute atomic E-state index is 11.3. The average molecular weight is 250 g/mol. The fourth-order valence-corrected chi connectivity index (χ4v) is 2.43. The third-order valence-corrected chi connectivity index (χ3v) is 3.15. The smallest absolute Gasteiger partial charge is 0.229 e. The summed E-state index contributed by atoms with van der Waals surface area (Å²) in [6.07, 6.45) is 2.83. The van der Waals surface area contributed by atoms with Crippen molar-refractivity contribution in [3.8, 4) is 0 Å². The Kier molecular flexibility index (Phi) is 2.79. The zero-order valence-corrected chi connectivity index (χ0v) is 10.8. The number of hydrogen-bond acceptors (Lipinski definition) is 3. The minimum atomic E-state index is -3.28. The second-order valence-corrected chi connectivity index (χ2v) is 5.91. The zero-order valence-electron chi connectivity index (χ0n) is 9.98. The van der Waals surface area contributed by atoms with Gasteiger partial charge in [-0.3, -0.25) is 9.71 Å². The number of para-hydroxylation sites is 1. The van der Waals surface area contributed by atoms with E-state index in [0.29, 0.717) is 5.69 Å². The molecule has 1 aromatic heterocycles.